The molecule has 1 aromatic carbocycles. The number of carbonyl (C=O) groups excluding carboxylic acids is 2. The number of benzene rings is 1. The van der Waals surface area contributed by atoms with Crippen LogP contribution in [0.3, 0.4) is 0 Å². The van der Waals surface area contributed by atoms with Crippen LogP contribution in [0.1, 0.15) is 38.2 Å². The van der Waals surface area contributed by atoms with E-state index >= 15 is 0 Å². The highest BCUT2D eigenvalue weighted by Crippen LogP contribution is 2.49. The fraction of sp³-hybridized carbons (Fsp3) is 0.579. The summed E-state index contributed by atoms with van der Waals surface area (Å²) in [6.07, 6.45) is 5.09. The van der Waals surface area contributed by atoms with Crippen LogP contribution in [0.25, 0.3) is 0 Å². The fourth-order valence-electron chi connectivity index (χ4n) is 4.39. The Morgan fingerprint density at radius 2 is 2.00 bits per heavy atom. The van der Waals surface area contributed by atoms with Crippen LogP contribution in [0.4, 0.5) is 0 Å². The summed E-state index contributed by atoms with van der Waals surface area (Å²) in [5, 5.41) is 5.56. The minimum Gasteiger partial charge on any atom is -0.496 e. The van der Waals surface area contributed by atoms with Gasteiger partial charge in [-0.15, -0.1) is 0 Å². The number of fused-ring (bicyclic) bond motifs is 2. The van der Waals surface area contributed by atoms with Gasteiger partial charge in [0.2, 0.25) is 0 Å². The first-order chi connectivity index (χ1) is 11.6. The zero-order valence-corrected chi connectivity index (χ0v) is 14.4. The molecule has 4 unspecified atom stereocenters. The van der Waals surface area contributed by atoms with Gasteiger partial charge in [-0.25, -0.2) is 0 Å². The standard InChI is InChI=1S/C19H26N2O3/c1-12(16-10-13-7-8-14(16)9-13)21-19(23)18(22)20-11-15-5-3-4-6-17(15)24-2/h3-6,12-14,16H,7-11H2,1-2H3,(H,20,22)(H,21,23). The predicted molar refractivity (Wildman–Crippen MR) is 91.4 cm³/mol. The molecule has 2 saturated carbocycles. The van der Waals surface area contributed by atoms with Gasteiger partial charge in [-0.1, -0.05) is 24.6 Å². The van der Waals surface area contributed by atoms with Gasteiger partial charge in [0, 0.05) is 18.2 Å². The smallest absolute Gasteiger partial charge is 0.309 e. The molecule has 4 atom stereocenters. The molecule has 0 spiro atoms. The molecule has 0 saturated heterocycles. The molecule has 2 aliphatic rings. The number of amides is 2. The lowest BCUT2D eigenvalue weighted by molar-refractivity contribution is -0.140. The molecule has 24 heavy (non-hydrogen) atoms. The summed E-state index contributed by atoms with van der Waals surface area (Å²) in [5.74, 6) is 1.65. The zero-order chi connectivity index (χ0) is 17.1. The molecule has 2 N–H and O–H groups in total. The number of hydrogen-bond donors (Lipinski definition) is 2. The maximum absolute atomic E-state index is 12.1. The maximum atomic E-state index is 12.1. The quantitative estimate of drug-likeness (QED) is 0.814. The number of para-hydroxylation sites is 1. The first kappa shape index (κ1) is 16.8. The van der Waals surface area contributed by atoms with Gasteiger partial charge < -0.3 is 15.4 Å². The number of methoxy groups -OCH3 is 1. The molecule has 0 heterocycles. The van der Waals surface area contributed by atoms with E-state index < -0.39 is 11.8 Å². The monoisotopic (exact) mass is 330 g/mol. The molecule has 1 aromatic rings. The summed E-state index contributed by atoms with van der Waals surface area (Å²) < 4.78 is 5.25. The first-order valence-corrected chi connectivity index (χ1v) is 8.79. The van der Waals surface area contributed by atoms with E-state index in [9.17, 15) is 9.59 Å². The van der Waals surface area contributed by atoms with E-state index in [1.165, 1.54) is 25.7 Å². The highest BCUT2D eigenvalue weighted by molar-refractivity contribution is 6.35. The van der Waals surface area contributed by atoms with Gasteiger partial charge in [-0.2, -0.15) is 0 Å². The fourth-order valence-corrected chi connectivity index (χ4v) is 4.39. The van der Waals surface area contributed by atoms with E-state index in [-0.39, 0.29) is 12.6 Å². The Morgan fingerprint density at radius 1 is 1.21 bits per heavy atom. The van der Waals surface area contributed by atoms with Gasteiger partial charge in [-0.05, 0) is 50.0 Å². The number of nitrogens with one attached hydrogen (secondary N) is 2. The molecular formula is C19H26N2O3. The van der Waals surface area contributed by atoms with Crippen molar-refractivity contribution < 1.29 is 14.3 Å². The van der Waals surface area contributed by atoms with Crippen LogP contribution < -0.4 is 15.4 Å². The van der Waals surface area contributed by atoms with Crippen LogP contribution in [-0.2, 0) is 16.1 Å². The summed E-state index contributed by atoms with van der Waals surface area (Å²) >= 11 is 0. The van der Waals surface area contributed by atoms with Crippen molar-refractivity contribution in [1.82, 2.24) is 10.6 Å². The molecule has 0 radical (unpaired) electrons. The normalized spacial score (nSPS) is 26.0. The molecule has 3 rings (SSSR count). The number of rotatable bonds is 5. The van der Waals surface area contributed by atoms with Crippen molar-refractivity contribution in [3.05, 3.63) is 29.8 Å². The summed E-state index contributed by atoms with van der Waals surface area (Å²) in [5.41, 5.74) is 0.849. The molecule has 5 nitrogen and oxygen atoms in total. The summed E-state index contributed by atoms with van der Waals surface area (Å²) in [7, 11) is 1.59. The van der Waals surface area contributed by atoms with Crippen molar-refractivity contribution in [1.29, 1.82) is 0 Å². The van der Waals surface area contributed by atoms with Gasteiger partial charge in [0.25, 0.3) is 0 Å². The van der Waals surface area contributed by atoms with Crippen LogP contribution in [0, 0.1) is 17.8 Å². The molecule has 5 heteroatoms. The third-order valence-electron chi connectivity index (χ3n) is 5.63. The summed E-state index contributed by atoms with van der Waals surface area (Å²) in [4.78, 5) is 24.2. The Balaban J connectivity index is 1.49. The number of ether oxygens (including phenoxy) is 1. The Morgan fingerprint density at radius 3 is 2.67 bits per heavy atom. The van der Waals surface area contributed by atoms with Gasteiger partial charge in [0.05, 0.1) is 7.11 Å². The van der Waals surface area contributed by atoms with Crippen LogP contribution in [0.2, 0.25) is 0 Å². The van der Waals surface area contributed by atoms with E-state index in [1.54, 1.807) is 7.11 Å². The molecule has 2 bridgehead atoms. The highest BCUT2D eigenvalue weighted by atomic mass is 16.5. The average Bonchev–Trinajstić information content (AvgIpc) is 3.23. The second-order valence-electron chi connectivity index (χ2n) is 7.10. The lowest BCUT2D eigenvalue weighted by Gasteiger charge is -2.28. The van der Waals surface area contributed by atoms with Crippen LogP contribution >= 0.6 is 0 Å². The van der Waals surface area contributed by atoms with Gasteiger partial charge in [0.15, 0.2) is 0 Å². The second-order valence-corrected chi connectivity index (χ2v) is 7.10. The molecule has 130 valence electrons. The predicted octanol–water partition coefficient (Wildman–Crippen LogP) is 2.25. The number of hydrogen-bond acceptors (Lipinski definition) is 3. The third-order valence-corrected chi connectivity index (χ3v) is 5.63. The zero-order valence-electron chi connectivity index (χ0n) is 14.4. The molecular weight excluding hydrogens is 304 g/mol. The summed E-state index contributed by atoms with van der Waals surface area (Å²) in [6, 6.07) is 7.51. The molecule has 2 fully saturated rings. The minimum absolute atomic E-state index is 0.0600. The van der Waals surface area contributed by atoms with Crippen LogP contribution in [-0.4, -0.2) is 25.0 Å². The van der Waals surface area contributed by atoms with Crippen molar-refractivity contribution in [3.63, 3.8) is 0 Å². The van der Waals surface area contributed by atoms with Crippen LogP contribution in [0.15, 0.2) is 24.3 Å². The van der Waals surface area contributed by atoms with Crippen molar-refractivity contribution in [2.24, 2.45) is 17.8 Å². The second kappa shape index (κ2) is 7.24. The maximum Gasteiger partial charge on any atom is 0.309 e. The molecule has 2 amide bonds. The Hall–Kier alpha value is -2.04. The average molecular weight is 330 g/mol. The van der Waals surface area contributed by atoms with Gasteiger partial charge >= 0.3 is 11.8 Å². The number of carbonyl (C=O) groups is 2. The van der Waals surface area contributed by atoms with Crippen molar-refractivity contribution in [3.8, 4) is 5.75 Å². The van der Waals surface area contributed by atoms with Crippen LogP contribution in [0.5, 0.6) is 5.75 Å². The molecule has 0 aromatic heterocycles. The molecule has 2 aliphatic carbocycles. The topological polar surface area (TPSA) is 67.4 Å². The Labute approximate surface area is 143 Å². The van der Waals surface area contributed by atoms with Crippen molar-refractivity contribution in [2.45, 2.75) is 45.2 Å². The minimum atomic E-state index is -0.587. The lowest BCUT2D eigenvalue weighted by atomic mass is 9.84. The van der Waals surface area contributed by atoms with Crippen molar-refractivity contribution >= 4 is 11.8 Å². The Bertz CT molecular complexity index is 616. The summed E-state index contributed by atoms with van der Waals surface area (Å²) in [6.45, 7) is 2.30. The van der Waals surface area contributed by atoms with Crippen molar-refractivity contribution in [2.75, 3.05) is 7.11 Å². The Kier molecular flexibility index (Phi) is 5.07. The van der Waals surface area contributed by atoms with E-state index in [1.807, 2.05) is 31.2 Å². The highest BCUT2D eigenvalue weighted by Gasteiger charge is 2.42. The van der Waals surface area contributed by atoms with E-state index in [0.717, 1.165) is 17.4 Å². The van der Waals surface area contributed by atoms with Gasteiger partial charge in [0.1, 0.15) is 5.75 Å². The first-order valence-electron chi connectivity index (χ1n) is 8.79. The SMILES string of the molecule is COc1ccccc1CNC(=O)C(=O)NC(C)C1CC2CCC1C2. The van der Waals surface area contributed by atoms with E-state index in [4.69, 9.17) is 4.74 Å². The van der Waals surface area contributed by atoms with Gasteiger partial charge in [-0.3, -0.25) is 9.59 Å². The van der Waals surface area contributed by atoms with E-state index in [0.29, 0.717) is 11.7 Å². The molecule has 0 aliphatic heterocycles. The largest absolute Gasteiger partial charge is 0.496 e. The lowest BCUT2D eigenvalue weighted by Crippen LogP contribution is -2.46. The van der Waals surface area contributed by atoms with E-state index in [2.05, 4.69) is 10.6 Å². The third kappa shape index (κ3) is 3.55.